The monoisotopic (exact) mass is 932 g/mol. The second kappa shape index (κ2) is 20.3. The molecule has 21 heteroatoms. The molecule has 0 spiro atoms. The third kappa shape index (κ3) is 9.99. The maximum Gasteiger partial charge on any atom is 1.00 e. The minimum absolute atomic E-state index is 0. The van der Waals surface area contributed by atoms with Crippen molar-refractivity contribution in [1.29, 1.82) is 0 Å². The fraction of sp³-hybridized carbons (Fsp3) is 0.444. The normalized spacial score (nSPS) is 13.8. The first kappa shape index (κ1) is 48.6. The summed E-state index contributed by atoms with van der Waals surface area (Å²) < 4.78 is 16.8. The van der Waals surface area contributed by atoms with Crippen LogP contribution in [0.1, 0.15) is 95.9 Å². The summed E-state index contributed by atoms with van der Waals surface area (Å²) in [6, 6.07) is 11.6. The zero-order chi connectivity index (χ0) is 44.7. The van der Waals surface area contributed by atoms with Gasteiger partial charge in [-0.1, -0.05) is 23.2 Å². The molecule has 0 bridgehead atoms. The molecule has 2 aliphatic rings. The zero-order valence-corrected chi connectivity index (χ0v) is 39.0. The van der Waals surface area contributed by atoms with Crippen LogP contribution in [0.2, 0.25) is 10.3 Å². The number of rotatable bonds is 15. The molecule has 66 heavy (non-hydrogen) atoms. The quantitative estimate of drug-likeness (QED) is 0.0670. The number of aliphatic hydroxyl groups is 1. The van der Waals surface area contributed by atoms with Gasteiger partial charge in [-0.2, -0.15) is 0 Å². The topological polar surface area (TPSA) is 218 Å². The average molecular weight is 934 g/mol. The van der Waals surface area contributed by atoms with Gasteiger partial charge in [-0.05, 0) is 109 Å². The van der Waals surface area contributed by atoms with E-state index in [9.17, 15) is 14.4 Å². The van der Waals surface area contributed by atoms with Gasteiger partial charge in [-0.3, -0.25) is 33.0 Å². The smallest absolute Gasteiger partial charge is 0.870 e. The Morgan fingerprint density at radius 2 is 1.11 bits per heavy atom. The predicted molar refractivity (Wildman–Crippen MR) is 246 cm³/mol. The summed E-state index contributed by atoms with van der Waals surface area (Å²) in [7, 11) is 0. The van der Waals surface area contributed by atoms with Crippen molar-refractivity contribution in [2.24, 2.45) is 5.41 Å². The van der Waals surface area contributed by atoms with Crippen LogP contribution in [0, 0.1) is 5.41 Å². The Hall–Kier alpha value is -5.35. The molecule has 0 amide bonds. The van der Waals surface area contributed by atoms with E-state index >= 15 is 0 Å². The van der Waals surface area contributed by atoms with Crippen molar-refractivity contribution >= 4 is 73.6 Å². The van der Waals surface area contributed by atoms with E-state index in [1.165, 1.54) is 0 Å². The molecule has 2 N–H and O–H groups in total. The summed E-state index contributed by atoms with van der Waals surface area (Å²) >= 11 is 12.2. The number of aliphatic hydroxyl groups excluding tert-OH is 1. The zero-order valence-electron chi connectivity index (χ0n) is 37.5. The van der Waals surface area contributed by atoms with Crippen molar-refractivity contribution in [2.45, 2.75) is 110 Å². The first-order valence-corrected chi connectivity index (χ1v) is 22.6. The first-order chi connectivity index (χ1) is 30.9. The van der Waals surface area contributed by atoms with Gasteiger partial charge < -0.3 is 24.5 Å². The number of fused-ring (bicyclic) bond motifs is 4. The van der Waals surface area contributed by atoms with E-state index in [0.29, 0.717) is 67.2 Å². The van der Waals surface area contributed by atoms with E-state index in [0.717, 1.165) is 83.3 Å². The number of aryl methyl sites for hydroxylation is 2. The molecular formula is C45H51Cl2LiN12O6. The number of nitrogens with zero attached hydrogens (tertiary/aromatic N) is 12. The third-order valence-corrected chi connectivity index (χ3v) is 12.1. The predicted octanol–water partition coefficient (Wildman–Crippen LogP) is 3.93. The molecule has 8 heterocycles. The van der Waals surface area contributed by atoms with E-state index < -0.39 is 5.41 Å². The van der Waals surface area contributed by atoms with Crippen LogP contribution in [0.15, 0.2) is 70.8 Å². The third-order valence-electron chi connectivity index (χ3n) is 11.7. The molecule has 18 nitrogen and oxygen atoms in total. The maximum absolute atomic E-state index is 13.4. The van der Waals surface area contributed by atoms with Crippen molar-refractivity contribution in [3.63, 3.8) is 0 Å². The number of carbonyl (C=O) groups excluding carboxylic acids is 1. The van der Waals surface area contributed by atoms with E-state index in [4.69, 9.17) is 38.0 Å². The van der Waals surface area contributed by atoms with Gasteiger partial charge in [0, 0.05) is 44.2 Å². The summed E-state index contributed by atoms with van der Waals surface area (Å²) in [5.74, 6) is 1.26. The molecule has 10 rings (SSSR count). The van der Waals surface area contributed by atoms with E-state index in [2.05, 4.69) is 34.1 Å². The molecule has 0 aromatic carbocycles. The van der Waals surface area contributed by atoms with Crippen LogP contribution in [0.4, 0.5) is 0 Å². The minimum Gasteiger partial charge on any atom is -0.870 e. The van der Waals surface area contributed by atoms with Gasteiger partial charge in [-0.25, -0.2) is 29.5 Å². The van der Waals surface area contributed by atoms with Gasteiger partial charge in [0.15, 0.2) is 11.3 Å². The van der Waals surface area contributed by atoms with Crippen LogP contribution >= 0.6 is 23.2 Å². The molecule has 2 aliphatic carbocycles. The number of hydrogen-bond acceptors (Lipinski definition) is 12. The van der Waals surface area contributed by atoms with Crippen LogP contribution in [0.25, 0.3) is 44.4 Å². The van der Waals surface area contributed by atoms with Gasteiger partial charge in [-0.15, -0.1) is 0 Å². The van der Waals surface area contributed by atoms with Gasteiger partial charge in [0.05, 0.1) is 70.6 Å². The number of unbranched alkanes of at least 4 members (excludes halogenated alkanes) is 2. The molecule has 0 radical (unpaired) electrons. The van der Waals surface area contributed by atoms with Gasteiger partial charge in [0.1, 0.15) is 22.0 Å². The number of imidazole rings is 4. The Balaban J connectivity index is 0.000000193. The van der Waals surface area contributed by atoms with Crippen LogP contribution in [0.5, 0.6) is 0 Å². The van der Waals surface area contributed by atoms with Gasteiger partial charge in [0.25, 0.3) is 0 Å². The molecule has 342 valence electrons. The minimum atomic E-state index is -0.513. The SMILES string of the molecule is CC(C)(C)C(=O)OCCCCn1c(Cn2c(=O)n(C3CC3)c3ccncc32)nc2nc(Cl)ccc21.O=c1n(Cc2nc3nc(Cl)ccc3n2CCCCO)c2cnccc2n1C1CC1.[Li+].[OH-]. The van der Waals surface area contributed by atoms with Gasteiger partial charge in [0.2, 0.25) is 0 Å². The largest absolute Gasteiger partial charge is 1.00 e. The Kier molecular flexibility index (Phi) is 14.9. The van der Waals surface area contributed by atoms with Crippen LogP contribution in [-0.4, -0.2) is 87.1 Å². The summed E-state index contributed by atoms with van der Waals surface area (Å²) in [6.45, 7) is 8.00. The number of ether oxygens (including phenoxy) is 1. The van der Waals surface area contributed by atoms with Crippen molar-refractivity contribution in [2.75, 3.05) is 13.2 Å². The fourth-order valence-corrected chi connectivity index (χ4v) is 8.44. The first-order valence-electron chi connectivity index (χ1n) is 21.8. The van der Waals surface area contributed by atoms with Crippen molar-refractivity contribution in [1.82, 2.24) is 57.3 Å². The van der Waals surface area contributed by atoms with Crippen LogP contribution in [-0.2, 0) is 35.7 Å². The van der Waals surface area contributed by atoms with E-state index in [-0.39, 0.29) is 60.4 Å². The molecule has 2 saturated carbocycles. The molecule has 8 aromatic rings. The van der Waals surface area contributed by atoms with Crippen LogP contribution < -0.4 is 30.2 Å². The van der Waals surface area contributed by atoms with Crippen LogP contribution in [0.3, 0.4) is 0 Å². The average Bonchev–Trinajstić information content (AvgIpc) is 4.19. The fourth-order valence-electron chi connectivity index (χ4n) is 8.15. The maximum atomic E-state index is 13.4. The van der Waals surface area contributed by atoms with Crippen molar-refractivity contribution in [3.05, 3.63) is 104 Å². The molecule has 0 aliphatic heterocycles. The Morgan fingerprint density at radius 3 is 1.53 bits per heavy atom. The molecular weight excluding hydrogens is 882 g/mol. The summed E-state index contributed by atoms with van der Waals surface area (Å²) in [5, 5.41) is 9.91. The number of halogens is 2. The number of carbonyl (C=O) groups is 1. The second-order valence-corrected chi connectivity index (χ2v) is 18.3. The summed E-state index contributed by atoms with van der Waals surface area (Å²) in [5.41, 5.74) is 5.66. The number of aromatic nitrogens is 12. The van der Waals surface area contributed by atoms with E-state index in [1.54, 1.807) is 46.1 Å². The molecule has 2 fully saturated rings. The number of hydrogen-bond donors (Lipinski definition) is 1. The van der Waals surface area contributed by atoms with E-state index in [1.807, 2.05) is 54.2 Å². The number of esters is 1. The summed E-state index contributed by atoms with van der Waals surface area (Å²) in [4.78, 5) is 65.2. The molecule has 0 atom stereocenters. The Morgan fingerprint density at radius 1 is 0.652 bits per heavy atom. The Bertz CT molecular complexity index is 3140. The molecule has 8 aromatic heterocycles. The van der Waals surface area contributed by atoms with Crippen molar-refractivity contribution in [3.8, 4) is 0 Å². The second-order valence-electron chi connectivity index (χ2n) is 17.5. The Labute approximate surface area is 401 Å². The van der Waals surface area contributed by atoms with Crippen molar-refractivity contribution < 1.29 is 39.0 Å². The standard InChI is InChI=1S/C25H29ClN6O3.C20H21ClN6O2.Li.H2O/c1-25(2,3)23(33)35-13-5-4-12-30-18-8-9-20(26)28-22(18)29-21(30)15-31-19-14-27-11-10-17(19)32(24(31)34)16-6-7-16;21-17-6-5-15-19(23-17)24-18(25(15)9-1-2-10-28)12-26-16-11-22-8-7-14(16)27(20(26)29)13-3-4-13;;/h8-11,14,16H,4-7,12-13,15H2,1-3H3;5-8,11,13,28H,1-4,9-10,12H2;;1H2/q;;+1;/p-1. The molecule has 0 unspecified atom stereocenters. The van der Waals surface area contributed by atoms with Gasteiger partial charge >= 0.3 is 36.2 Å². The molecule has 0 saturated heterocycles. The number of pyridine rings is 4. The summed E-state index contributed by atoms with van der Waals surface area (Å²) in [6.07, 6.45) is 14.0.